The fourth-order valence-corrected chi connectivity index (χ4v) is 3.52. The normalized spacial score (nSPS) is 13.9. The van der Waals surface area contributed by atoms with Gasteiger partial charge in [-0.05, 0) is 37.0 Å². The number of amides is 2. The van der Waals surface area contributed by atoms with Crippen LogP contribution in [0.1, 0.15) is 54.4 Å². The number of carbonyl (C=O) groups is 2. The molecular weight excluding hydrogens is 354 g/mol. The Kier molecular flexibility index (Phi) is 6.57. The van der Waals surface area contributed by atoms with Crippen LogP contribution in [-0.4, -0.2) is 28.8 Å². The Morgan fingerprint density at radius 2 is 1.79 bits per heavy atom. The highest BCUT2D eigenvalue weighted by Gasteiger charge is 2.17. The van der Waals surface area contributed by atoms with E-state index in [-0.39, 0.29) is 11.8 Å². The van der Waals surface area contributed by atoms with Crippen LogP contribution in [0.4, 0.5) is 17.3 Å². The Hall–Kier alpha value is -2.96. The highest BCUT2D eigenvalue weighted by atomic mass is 16.2. The molecule has 1 aromatic heterocycles. The Morgan fingerprint density at radius 3 is 2.46 bits per heavy atom. The van der Waals surface area contributed by atoms with E-state index in [4.69, 9.17) is 0 Å². The summed E-state index contributed by atoms with van der Waals surface area (Å²) in [5.41, 5.74) is 2.48. The molecule has 1 fully saturated rings. The van der Waals surface area contributed by atoms with Crippen molar-refractivity contribution < 1.29 is 9.59 Å². The van der Waals surface area contributed by atoms with Gasteiger partial charge in [-0.25, -0.2) is 9.97 Å². The molecule has 3 N–H and O–H groups in total. The summed E-state index contributed by atoms with van der Waals surface area (Å²) in [6.45, 7) is 1.86. The van der Waals surface area contributed by atoms with Crippen molar-refractivity contribution in [2.24, 2.45) is 5.92 Å². The van der Waals surface area contributed by atoms with Gasteiger partial charge in [0.25, 0.3) is 5.91 Å². The molecule has 1 aromatic carbocycles. The molecule has 2 aromatic rings. The van der Waals surface area contributed by atoms with E-state index in [1.54, 1.807) is 25.5 Å². The number of hydrogen-bond donors (Lipinski definition) is 3. The minimum Gasteiger partial charge on any atom is -0.357 e. The van der Waals surface area contributed by atoms with Crippen molar-refractivity contribution in [1.29, 1.82) is 0 Å². The molecular formula is C21H27N5O2. The lowest BCUT2D eigenvalue weighted by molar-refractivity contribution is -0.116. The molecule has 3 rings (SSSR count). The number of carbonyl (C=O) groups excluding carboxylic acids is 2. The van der Waals surface area contributed by atoms with Crippen LogP contribution in [0.5, 0.6) is 0 Å². The van der Waals surface area contributed by atoms with Gasteiger partial charge in [-0.2, -0.15) is 0 Å². The molecule has 0 spiro atoms. The number of aryl methyl sites for hydroxylation is 1. The lowest BCUT2D eigenvalue weighted by Gasteiger charge is -2.12. The lowest BCUT2D eigenvalue weighted by Crippen LogP contribution is -2.16. The van der Waals surface area contributed by atoms with Crippen LogP contribution in [0.2, 0.25) is 0 Å². The van der Waals surface area contributed by atoms with Gasteiger partial charge in [0.15, 0.2) is 0 Å². The first-order chi connectivity index (χ1) is 13.5. The van der Waals surface area contributed by atoms with E-state index in [1.807, 2.05) is 19.1 Å². The molecule has 7 nitrogen and oxygen atoms in total. The molecule has 0 saturated heterocycles. The number of aromatic nitrogens is 2. The highest BCUT2D eigenvalue weighted by Crippen LogP contribution is 2.28. The molecule has 1 heterocycles. The second-order valence-electron chi connectivity index (χ2n) is 7.27. The van der Waals surface area contributed by atoms with Crippen molar-refractivity contribution in [3.05, 3.63) is 41.7 Å². The average molecular weight is 381 g/mol. The van der Waals surface area contributed by atoms with Gasteiger partial charge in [0.2, 0.25) is 11.9 Å². The summed E-state index contributed by atoms with van der Waals surface area (Å²) >= 11 is 0. The molecule has 0 aliphatic heterocycles. The third kappa shape index (κ3) is 5.28. The zero-order chi connectivity index (χ0) is 19.9. The SMILES string of the molecule is CNc1ncc(NC(=O)c2cc(NC(=O)CCC3CCCC3)ccc2C)cn1. The molecule has 7 heteroatoms. The Bertz CT molecular complexity index is 829. The summed E-state index contributed by atoms with van der Waals surface area (Å²) in [6, 6.07) is 5.37. The second-order valence-corrected chi connectivity index (χ2v) is 7.27. The molecule has 28 heavy (non-hydrogen) atoms. The number of anilines is 3. The minimum absolute atomic E-state index is 0.00170. The molecule has 1 aliphatic carbocycles. The standard InChI is InChI=1S/C21H27N5O2/c1-14-7-9-16(25-19(27)10-8-15-5-3-4-6-15)11-18(14)20(28)26-17-12-23-21(22-2)24-13-17/h7,9,11-13,15H,3-6,8,10H2,1-2H3,(H,25,27)(H,26,28)(H,22,23,24). The smallest absolute Gasteiger partial charge is 0.256 e. The van der Waals surface area contributed by atoms with Crippen LogP contribution < -0.4 is 16.0 Å². The molecule has 0 bridgehead atoms. The number of benzene rings is 1. The molecule has 1 aliphatic rings. The van der Waals surface area contributed by atoms with Gasteiger partial charge in [-0.15, -0.1) is 0 Å². The molecule has 0 atom stereocenters. The van der Waals surface area contributed by atoms with Crippen LogP contribution in [0.3, 0.4) is 0 Å². The fourth-order valence-electron chi connectivity index (χ4n) is 3.52. The zero-order valence-electron chi connectivity index (χ0n) is 16.4. The lowest BCUT2D eigenvalue weighted by atomic mass is 10.0. The van der Waals surface area contributed by atoms with Gasteiger partial charge >= 0.3 is 0 Å². The Balaban J connectivity index is 1.61. The number of nitrogens with one attached hydrogen (secondary N) is 3. The van der Waals surface area contributed by atoms with Crippen molar-refractivity contribution in [2.45, 2.75) is 45.4 Å². The van der Waals surface area contributed by atoms with Crippen LogP contribution in [-0.2, 0) is 4.79 Å². The van der Waals surface area contributed by atoms with E-state index >= 15 is 0 Å². The Morgan fingerprint density at radius 1 is 1.07 bits per heavy atom. The number of hydrogen-bond acceptors (Lipinski definition) is 5. The average Bonchev–Trinajstić information content (AvgIpc) is 3.22. The van der Waals surface area contributed by atoms with Gasteiger partial charge in [-0.3, -0.25) is 9.59 Å². The predicted molar refractivity (Wildman–Crippen MR) is 111 cm³/mol. The Labute approximate surface area is 165 Å². The number of rotatable bonds is 7. The summed E-state index contributed by atoms with van der Waals surface area (Å²) < 4.78 is 0. The number of nitrogens with zero attached hydrogens (tertiary/aromatic N) is 2. The maximum Gasteiger partial charge on any atom is 0.256 e. The summed E-state index contributed by atoms with van der Waals surface area (Å²) in [5, 5.41) is 8.53. The molecule has 0 radical (unpaired) electrons. The summed E-state index contributed by atoms with van der Waals surface area (Å²) in [7, 11) is 1.73. The van der Waals surface area contributed by atoms with Crippen LogP contribution in [0.15, 0.2) is 30.6 Å². The predicted octanol–water partition coefficient (Wildman–Crippen LogP) is 3.99. The van der Waals surface area contributed by atoms with Crippen molar-refractivity contribution in [1.82, 2.24) is 9.97 Å². The van der Waals surface area contributed by atoms with Crippen LogP contribution in [0.25, 0.3) is 0 Å². The van der Waals surface area contributed by atoms with Crippen molar-refractivity contribution in [2.75, 3.05) is 23.0 Å². The van der Waals surface area contributed by atoms with Gasteiger partial charge in [-0.1, -0.05) is 31.7 Å². The highest BCUT2D eigenvalue weighted by molar-refractivity contribution is 6.06. The van der Waals surface area contributed by atoms with E-state index in [1.165, 1.54) is 25.7 Å². The maximum absolute atomic E-state index is 12.6. The topological polar surface area (TPSA) is 96.0 Å². The molecule has 148 valence electrons. The van der Waals surface area contributed by atoms with Crippen molar-refractivity contribution >= 4 is 29.1 Å². The first-order valence-corrected chi connectivity index (χ1v) is 9.77. The van der Waals surface area contributed by atoms with Gasteiger partial charge in [0.1, 0.15) is 0 Å². The van der Waals surface area contributed by atoms with E-state index in [9.17, 15) is 9.59 Å². The second kappa shape index (κ2) is 9.30. The van der Waals surface area contributed by atoms with Gasteiger partial charge in [0, 0.05) is 24.7 Å². The molecule has 0 unspecified atom stereocenters. The third-order valence-electron chi connectivity index (χ3n) is 5.15. The van der Waals surface area contributed by atoms with E-state index < -0.39 is 0 Å². The van der Waals surface area contributed by atoms with E-state index in [0.717, 1.165) is 12.0 Å². The summed E-state index contributed by atoms with van der Waals surface area (Å²) in [5.74, 6) is 0.900. The molecule has 1 saturated carbocycles. The summed E-state index contributed by atoms with van der Waals surface area (Å²) in [4.78, 5) is 33.0. The van der Waals surface area contributed by atoms with Gasteiger partial charge in [0.05, 0.1) is 18.1 Å². The van der Waals surface area contributed by atoms with Crippen LogP contribution >= 0.6 is 0 Å². The van der Waals surface area contributed by atoms with E-state index in [0.29, 0.717) is 35.2 Å². The molecule has 2 amide bonds. The van der Waals surface area contributed by atoms with Crippen molar-refractivity contribution in [3.8, 4) is 0 Å². The maximum atomic E-state index is 12.6. The van der Waals surface area contributed by atoms with Gasteiger partial charge < -0.3 is 16.0 Å². The first-order valence-electron chi connectivity index (χ1n) is 9.77. The quantitative estimate of drug-likeness (QED) is 0.674. The zero-order valence-corrected chi connectivity index (χ0v) is 16.4. The van der Waals surface area contributed by atoms with E-state index in [2.05, 4.69) is 25.9 Å². The third-order valence-corrected chi connectivity index (χ3v) is 5.15. The monoisotopic (exact) mass is 381 g/mol. The largest absolute Gasteiger partial charge is 0.357 e. The van der Waals surface area contributed by atoms with Crippen LogP contribution in [0, 0.1) is 12.8 Å². The minimum atomic E-state index is -0.264. The fraction of sp³-hybridized carbons (Fsp3) is 0.429. The van der Waals surface area contributed by atoms with Crippen molar-refractivity contribution in [3.63, 3.8) is 0 Å². The first kappa shape index (κ1) is 19.8. The summed E-state index contributed by atoms with van der Waals surface area (Å²) in [6.07, 6.45) is 9.59.